The predicted octanol–water partition coefficient (Wildman–Crippen LogP) is 1.35. The van der Waals surface area contributed by atoms with Crippen molar-refractivity contribution in [3.05, 3.63) is 36.1 Å². The van der Waals surface area contributed by atoms with Crippen LogP contribution in [0.25, 0.3) is 11.0 Å². The molecule has 2 N–H and O–H groups in total. The molecule has 5 nitrogen and oxygen atoms in total. The number of benzene rings is 1. The summed E-state index contributed by atoms with van der Waals surface area (Å²) in [6.45, 7) is 1.94. The molecule has 108 valence electrons. The Morgan fingerprint density at radius 3 is 2.50 bits per heavy atom. The Labute approximate surface area is 117 Å². The van der Waals surface area contributed by atoms with Crippen molar-refractivity contribution in [1.29, 1.82) is 0 Å². The van der Waals surface area contributed by atoms with Gasteiger partial charge in [-0.25, -0.2) is 0 Å². The third kappa shape index (κ3) is 3.00. The number of fused-ring (bicyclic) bond motifs is 1. The van der Waals surface area contributed by atoms with E-state index < -0.39 is 5.92 Å². The molecule has 0 radical (unpaired) electrons. The molecule has 0 aliphatic heterocycles. The number of furan rings is 1. The van der Waals surface area contributed by atoms with Crippen LogP contribution in [0.15, 0.2) is 34.7 Å². The van der Waals surface area contributed by atoms with Crippen molar-refractivity contribution in [2.75, 3.05) is 26.3 Å². The van der Waals surface area contributed by atoms with Gasteiger partial charge in [-0.1, -0.05) is 18.2 Å². The van der Waals surface area contributed by atoms with Crippen molar-refractivity contribution < 1.29 is 19.4 Å². The van der Waals surface area contributed by atoms with Gasteiger partial charge >= 0.3 is 0 Å². The summed E-state index contributed by atoms with van der Waals surface area (Å²) in [5.74, 6) is -0.00950. The largest absolute Gasteiger partial charge is 0.460 e. The molecule has 1 heterocycles. The lowest BCUT2D eigenvalue weighted by atomic mass is 10.1. The van der Waals surface area contributed by atoms with Crippen molar-refractivity contribution in [3.8, 4) is 0 Å². The fourth-order valence-corrected chi connectivity index (χ4v) is 2.18. The van der Waals surface area contributed by atoms with Gasteiger partial charge in [0.2, 0.25) is 5.91 Å². The second-order valence-electron chi connectivity index (χ2n) is 4.68. The quantitative estimate of drug-likeness (QED) is 0.836. The third-order valence-electron chi connectivity index (χ3n) is 3.29. The number of rotatable bonds is 6. The molecule has 1 atom stereocenters. The molecule has 1 aromatic heterocycles. The number of carbonyl (C=O) groups excluding carboxylic acids is 1. The SMILES string of the molecule is CC(C(=O)N(CCO)CCO)c1cc2ccccc2o1. The van der Waals surface area contributed by atoms with Gasteiger partial charge in [-0.2, -0.15) is 0 Å². The van der Waals surface area contributed by atoms with Crippen LogP contribution >= 0.6 is 0 Å². The fourth-order valence-electron chi connectivity index (χ4n) is 2.18. The standard InChI is InChI=1S/C15H19NO4/c1-11(15(19)16(6-8-17)7-9-18)14-10-12-4-2-3-5-13(12)20-14/h2-5,10-11,17-18H,6-9H2,1H3. The highest BCUT2D eigenvalue weighted by atomic mass is 16.3. The van der Waals surface area contributed by atoms with Gasteiger partial charge in [0.25, 0.3) is 0 Å². The molecule has 0 bridgehead atoms. The molecule has 0 fully saturated rings. The van der Waals surface area contributed by atoms with Gasteiger partial charge in [0.05, 0.1) is 19.1 Å². The minimum atomic E-state index is -0.444. The van der Waals surface area contributed by atoms with Crippen LogP contribution in [0, 0.1) is 0 Å². The maximum atomic E-state index is 12.3. The monoisotopic (exact) mass is 277 g/mol. The first kappa shape index (κ1) is 14.6. The normalized spacial score (nSPS) is 12.6. The van der Waals surface area contributed by atoms with Gasteiger partial charge < -0.3 is 19.5 Å². The second-order valence-corrected chi connectivity index (χ2v) is 4.68. The van der Waals surface area contributed by atoms with Crippen LogP contribution in [-0.4, -0.2) is 47.3 Å². The van der Waals surface area contributed by atoms with Crippen LogP contribution in [0.1, 0.15) is 18.6 Å². The highest BCUT2D eigenvalue weighted by Gasteiger charge is 2.24. The van der Waals surface area contributed by atoms with Crippen molar-refractivity contribution in [1.82, 2.24) is 4.90 Å². The van der Waals surface area contributed by atoms with Gasteiger partial charge in [-0.3, -0.25) is 4.79 Å². The second kappa shape index (κ2) is 6.54. The lowest BCUT2D eigenvalue weighted by Gasteiger charge is -2.23. The van der Waals surface area contributed by atoms with E-state index in [1.165, 1.54) is 4.90 Å². The Hall–Kier alpha value is -1.85. The van der Waals surface area contributed by atoms with Gasteiger partial charge in [0, 0.05) is 18.5 Å². The zero-order valence-electron chi connectivity index (χ0n) is 11.5. The summed E-state index contributed by atoms with van der Waals surface area (Å²) in [6, 6.07) is 9.44. The summed E-state index contributed by atoms with van der Waals surface area (Å²) < 4.78 is 5.68. The van der Waals surface area contributed by atoms with E-state index in [0.29, 0.717) is 5.76 Å². The number of hydrogen-bond acceptors (Lipinski definition) is 4. The number of aliphatic hydroxyl groups excluding tert-OH is 2. The molecule has 1 aromatic carbocycles. The van der Waals surface area contributed by atoms with Gasteiger partial charge in [-0.05, 0) is 19.1 Å². The molecule has 0 aliphatic carbocycles. The van der Waals surface area contributed by atoms with Crippen molar-refractivity contribution in [2.24, 2.45) is 0 Å². The van der Waals surface area contributed by atoms with Gasteiger partial charge in [-0.15, -0.1) is 0 Å². The van der Waals surface area contributed by atoms with Crippen LogP contribution in [0.5, 0.6) is 0 Å². The molecule has 1 unspecified atom stereocenters. The molecular formula is C15H19NO4. The summed E-state index contributed by atoms with van der Waals surface area (Å²) in [5.41, 5.74) is 0.748. The van der Waals surface area contributed by atoms with Gasteiger partial charge in [0.1, 0.15) is 11.3 Å². The zero-order valence-corrected chi connectivity index (χ0v) is 11.5. The van der Waals surface area contributed by atoms with E-state index in [9.17, 15) is 4.79 Å². The topological polar surface area (TPSA) is 73.9 Å². The lowest BCUT2D eigenvalue weighted by Crippen LogP contribution is -2.38. The number of hydrogen-bond donors (Lipinski definition) is 2. The van der Waals surface area contributed by atoms with Crippen LogP contribution in [-0.2, 0) is 4.79 Å². The first-order valence-electron chi connectivity index (χ1n) is 6.66. The first-order valence-corrected chi connectivity index (χ1v) is 6.66. The van der Waals surface area contributed by atoms with Crippen LogP contribution in [0.2, 0.25) is 0 Å². The third-order valence-corrected chi connectivity index (χ3v) is 3.29. The molecule has 5 heteroatoms. The highest BCUT2D eigenvalue weighted by Crippen LogP contribution is 2.26. The van der Waals surface area contributed by atoms with Crippen LogP contribution in [0.4, 0.5) is 0 Å². The zero-order chi connectivity index (χ0) is 14.5. The van der Waals surface area contributed by atoms with Crippen LogP contribution < -0.4 is 0 Å². The van der Waals surface area contributed by atoms with Crippen molar-refractivity contribution in [2.45, 2.75) is 12.8 Å². The molecule has 20 heavy (non-hydrogen) atoms. The van der Waals surface area contributed by atoms with Crippen molar-refractivity contribution in [3.63, 3.8) is 0 Å². The molecule has 1 amide bonds. The molecule has 0 saturated heterocycles. The maximum Gasteiger partial charge on any atom is 0.233 e. The maximum absolute atomic E-state index is 12.3. The van der Waals surface area contributed by atoms with E-state index in [-0.39, 0.29) is 32.2 Å². The predicted molar refractivity (Wildman–Crippen MR) is 75.4 cm³/mol. The highest BCUT2D eigenvalue weighted by molar-refractivity contribution is 5.85. The Balaban J connectivity index is 2.20. The Bertz CT molecular complexity index is 539. The number of para-hydroxylation sites is 1. The Morgan fingerprint density at radius 2 is 1.90 bits per heavy atom. The molecule has 0 spiro atoms. The van der Waals surface area contributed by atoms with E-state index in [0.717, 1.165) is 11.0 Å². The average Bonchev–Trinajstić information content (AvgIpc) is 2.89. The summed E-state index contributed by atoms with van der Waals surface area (Å²) >= 11 is 0. The molecular weight excluding hydrogens is 258 g/mol. The summed E-state index contributed by atoms with van der Waals surface area (Å²) in [7, 11) is 0. The van der Waals surface area contributed by atoms with Gasteiger partial charge in [0.15, 0.2) is 0 Å². The fraction of sp³-hybridized carbons (Fsp3) is 0.400. The minimum absolute atomic E-state index is 0.126. The number of nitrogens with zero attached hydrogens (tertiary/aromatic N) is 1. The smallest absolute Gasteiger partial charge is 0.233 e. The summed E-state index contributed by atoms with van der Waals surface area (Å²) in [4.78, 5) is 13.8. The van der Waals surface area contributed by atoms with E-state index >= 15 is 0 Å². The molecule has 0 aliphatic rings. The first-order chi connectivity index (χ1) is 9.67. The van der Waals surface area contributed by atoms with E-state index in [1.807, 2.05) is 30.3 Å². The average molecular weight is 277 g/mol. The van der Waals surface area contributed by atoms with Crippen LogP contribution in [0.3, 0.4) is 0 Å². The Morgan fingerprint density at radius 1 is 1.25 bits per heavy atom. The minimum Gasteiger partial charge on any atom is -0.460 e. The lowest BCUT2D eigenvalue weighted by molar-refractivity contribution is -0.133. The number of amides is 1. The van der Waals surface area contributed by atoms with E-state index in [1.54, 1.807) is 6.92 Å². The molecule has 2 rings (SSSR count). The van der Waals surface area contributed by atoms with E-state index in [4.69, 9.17) is 14.6 Å². The summed E-state index contributed by atoms with van der Waals surface area (Å²) in [6.07, 6.45) is 0. The molecule has 2 aromatic rings. The summed E-state index contributed by atoms with van der Waals surface area (Å²) in [5, 5.41) is 18.9. The van der Waals surface area contributed by atoms with Crippen molar-refractivity contribution >= 4 is 16.9 Å². The Kier molecular flexibility index (Phi) is 4.76. The number of carbonyl (C=O) groups is 1. The van der Waals surface area contributed by atoms with E-state index in [2.05, 4.69) is 0 Å². The molecule has 0 saturated carbocycles. The number of aliphatic hydroxyl groups is 2.